The van der Waals surface area contributed by atoms with E-state index in [1.165, 1.54) is 5.56 Å². The van der Waals surface area contributed by atoms with Crippen LogP contribution in [0.4, 0.5) is 0 Å². The molecule has 2 aromatic carbocycles. The van der Waals surface area contributed by atoms with Crippen molar-refractivity contribution in [1.82, 2.24) is 10.6 Å². The van der Waals surface area contributed by atoms with Crippen molar-refractivity contribution in [3.8, 4) is 17.2 Å². The maximum Gasteiger partial charge on any atom is 0.191 e. The standard InChI is InChI=1S/C21H29N3O3/c1-15-6-8-17(19(12-15)26-4)14-24-21(22-2)23-11-10-16-7-9-18(25-3)20(13-16)27-5/h6-9,12-13H,10-11,14H2,1-5H3,(H2,22,23,24). The molecule has 0 aliphatic carbocycles. The summed E-state index contributed by atoms with van der Waals surface area (Å²) in [7, 11) is 6.73. The lowest BCUT2D eigenvalue weighted by molar-refractivity contribution is 0.354. The van der Waals surface area contributed by atoms with Crippen LogP contribution in [0, 0.1) is 6.92 Å². The third-order valence-corrected chi connectivity index (χ3v) is 4.27. The quantitative estimate of drug-likeness (QED) is 0.552. The van der Waals surface area contributed by atoms with Crippen molar-refractivity contribution in [2.75, 3.05) is 34.9 Å². The molecule has 0 aliphatic rings. The molecule has 0 aromatic heterocycles. The topological polar surface area (TPSA) is 64.1 Å². The Kier molecular flexibility index (Phi) is 7.79. The van der Waals surface area contributed by atoms with E-state index >= 15 is 0 Å². The van der Waals surface area contributed by atoms with Crippen molar-refractivity contribution < 1.29 is 14.2 Å². The highest BCUT2D eigenvalue weighted by Gasteiger charge is 2.06. The first-order valence-electron chi connectivity index (χ1n) is 8.90. The Balaban J connectivity index is 1.87. The summed E-state index contributed by atoms with van der Waals surface area (Å²) in [5.74, 6) is 3.10. The summed E-state index contributed by atoms with van der Waals surface area (Å²) in [6.07, 6.45) is 0.842. The number of benzene rings is 2. The maximum atomic E-state index is 5.45. The van der Waals surface area contributed by atoms with Crippen LogP contribution in [0.5, 0.6) is 17.2 Å². The van der Waals surface area contributed by atoms with Crippen molar-refractivity contribution in [3.63, 3.8) is 0 Å². The van der Waals surface area contributed by atoms with Gasteiger partial charge in [-0.2, -0.15) is 0 Å². The summed E-state index contributed by atoms with van der Waals surface area (Å²) in [6, 6.07) is 12.1. The van der Waals surface area contributed by atoms with Crippen molar-refractivity contribution in [1.29, 1.82) is 0 Å². The average Bonchev–Trinajstić information content (AvgIpc) is 2.70. The highest BCUT2D eigenvalue weighted by atomic mass is 16.5. The number of nitrogens with one attached hydrogen (secondary N) is 2. The molecule has 2 aromatic rings. The molecule has 2 rings (SSSR count). The van der Waals surface area contributed by atoms with Gasteiger partial charge in [-0.3, -0.25) is 4.99 Å². The fourth-order valence-corrected chi connectivity index (χ4v) is 2.76. The molecule has 0 bridgehead atoms. The molecule has 0 unspecified atom stereocenters. The Bertz CT molecular complexity index is 775. The molecule has 146 valence electrons. The summed E-state index contributed by atoms with van der Waals surface area (Å²) in [6.45, 7) is 3.44. The first-order valence-corrected chi connectivity index (χ1v) is 8.90. The molecule has 0 saturated carbocycles. The van der Waals surface area contributed by atoms with Crippen molar-refractivity contribution in [2.45, 2.75) is 19.9 Å². The summed E-state index contributed by atoms with van der Waals surface area (Å²) < 4.78 is 16.1. The minimum Gasteiger partial charge on any atom is -0.496 e. The van der Waals surface area contributed by atoms with Gasteiger partial charge in [-0.15, -0.1) is 0 Å². The zero-order valence-electron chi connectivity index (χ0n) is 16.8. The zero-order chi connectivity index (χ0) is 19.6. The second-order valence-electron chi connectivity index (χ2n) is 6.11. The average molecular weight is 371 g/mol. The SMILES string of the molecule is CN=C(NCCc1ccc(OC)c(OC)c1)NCc1ccc(C)cc1OC. The number of hydrogen-bond donors (Lipinski definition) is 2. The number of guanidine groups is 1. The highest BCUT2D eigenvalue weighted by Crippen LogP contribution is 2.27. The molecule has 6 nitrogen and oxygen atoms in total. The minimum absolute atomic E-state index is 0.638. The predicted octanol–water partition coefficient (Wildman–Crippen LogP) is 2.93. The van der Waals surface area contributed by atoms with Gasteiger partial charge in [-0.05, 0) is 42.7 Å². The van der Waals surface area contributed by atoms with E-state index in [1.807, 2.05) is 31.2 Å². The lowest BCUT2D eigenvalue weighted by Gasteiger charge is -2.14. The van der Waals surface area contributed by atoms with Crippen LogP contribution in [0.2, 0.25) is 0 Å². The van der Waals surface area contributed by atoms with Gasteiger partial charge in [-0.1, -0.05) is 18.2 Å². The summed E-state index contributed by atoms with van der Waals surface area (Å²) in [5, 5.41) is 6.65. The van der Waals surface area contributed by atoms with E-state index < -0.39 is 0 Å². The molecule has 0 atom stereocenters. The van der Waals surface area contributed by atoms with Crippen LogP contribution in [0.3, 0.4) is 0 Å². The number of aliphatic imine (C=N–C) groups is 1. The van der Waals surface area contributed by atoms with E-state index in [2.05, 4.69) is 27.8 Å². The minimum atomic E-state index is 0.638. The van der Waals surface area contributed by atoms with Crippen molar-refractivity contribution >= 4 is 5.96 Å². The van der Waals surface area contributed by atoms with Crippen molar-refractivity contribution in [3.05, 3.63) is 53.1 Å². The third kappa shape index (κ3) is 5.81. The molecule has 0 amide bonds. The fraction of sp³-hybridized carbons (Fsp3) is 0.381. The van der Waals surface area contributed by atoms with Crippen LogP contribution in [-0.2, 0) is 13.0 Å². The molecule has 2 N–H and O–H groups in total. The van der Waals surface area contributed by atoms with Crippen LogP contribution < -0.4 is 24.8 Å². The van der Waals surface area contributed by atoms with Gasteiger partial charge in [0, 0.05) is 25.7 Å². The van der Waals surface area contributed by atoms with E-state index in [0.717, 1.165) is 47.3 Å². The number of rotatable bonds is 8. The highest BCUT2D eigenvalue weighted by molar-refractivity contribution is 5.79. The normalized spacial score (nSPS) is 11.1. The molecule has 0 spiro atoms. The van der Waals surface area contributed by atoms with E-state index in [1.54, 1.807) is 28.4 Å². The first-order chi connectivity index (χ1) is 13.1. The monoisotopic (exact) mass is 371 g/mol. The number of methoxy groups -OCH3 is 3. The number of aryl methyl sites for hydroxylation is 1. The van der Waals surface area contributed by atoms with Gasteiger partial charge in [0.05, 0.1) is 21.3 Å². The summed E-state index contributed by atoms with van der Waals surface area (Å²) in [4.78, 5) is 4.28. The molecule has 0 aliphatic heterocycles. The lowest BCUT2D eigenvalue weighted by Crippen LogP contribution is -2.37. The van der Waals surface area contributed by atoms with Gasteiger partial charge in [0.1, 0.15) is 5.75 Å². The van der Waals surface area contributed by atoms with Crippen molar-refractivity contribution in [2.24, 2.45) is 4.99 Å². The molecule has 0 saturated heterocycles. The third-order valence-electron chi connectivity index (χ3n) is 4.27. The van der Waals surface area contributed by atoms with E-state index in [-0.39, 0.29) is 0 Å². The lowest BCUT2D eigenvalue weighted by atomic mass is 10.1. The number of nitrogens with zero attached hydrogens (tertiary/aromatic N) is 1. The van der Waals surface area contributed by atoms with Gasteiger partial charge in [0.2, 0.25) is 0 Å². The Morgan fingerprint density at radius 1 is 0.889 bits per heavy atom. The molecule has 0 fully saturated rings. The van der Waals surface area contributed by atoms with Gasteiger partial charge in [0.25, 0.3) is 0 Å². The van der Waals surface area contributed by atoms with E-state index in [0.29, 0.717) is 6.54 Å². The molecular weight excluding hydrogens is 342 g/mol. The van der Waals surface area contributed by atoms with Crippen LogP contribution in [0.25, 0.3) is 0 Å². The molecule has 0 heterocycles. The predicted molar refractivity (Wildman–Crippen MR) is 109 cm³/mol. The Morgan fingerprint density at radius 3 is 2.30 bits per heavy atom. The molecule has 27 heavy (non-hydrogen) atoms. The van der Waals surface area contributed by atoms with Gasteiger partial charge in [0.15, 0.2) is 17.5 Å². The van der Waals surface area contributed by atoms with Crippen LogP contribution >= 0.6 is 0 Å². The van der Waals surface area contributed by atoms with E-state index in [4.69, 9.17) is 14.2 Å². The largest absolute Gasteiger partial charge is 0.496 e. The van der Waals surface area contributed by atoms with Crippen LogP contribution in [-0.4, -0.2) is 40.9 Å². The van der Waals surface area contributed by atoms with E-state index in [9.17, 15) is 0 Å². The summed E-state index contributed by atoms with van der Waals surface area (Å²) in [5.41, 5.74) is 3.43. The Morgan fingerprint density at radius 2 is 1.63 bits per heavy atom. The van der Waals surface area contributed by atoms with Crippen LogP contribution in [0.15, 0.2) is 41.4 Å². The van der Waals surface area contributed by atoms with Crippen LogP contribution in [0.1, 0.15) is 16.7 Å². The molecule has 0 radical (unpaired) electrons. The first kappa shape index (κ1) is 20.4. The molecular formula is C21H29N3O3. The fourth-order valence-electron chi connectivity index (χ4n) is 2.76. The van der Waals surface area contributed by atoms with Gasteiger partial charge >= 0.3 is 0 Å². The second kappa shape index (κ2) is 10.3. The zero-order valence-corrected chi connectivity index (χ0v) is 16.8. The second-order valence-corrected chi connectivity index (χ2v) is 6.11. The smallest absolute Gasteiger partial charge is 0.191 e. The Labute approximate surface area is 161 Å². The summed E-state index contributed by atoms with van der Waals surface area (Å²) >= 11 is 0. The van der Waals surface area contributed by atoms with Gasteiger partial charge in [-0.25, -0.2) is 0 Å². The number of ether oxygens (including phenoxy) is 3. The Hall–Kier alpha value is -2.89. The molecule has 6 heteroatoms. The van der Waals surface area contributed by atoms with Gasteiger partial charge < -0.3 is 24.8 Å². The number of hydrogen-bond acceptors (Lipinski definition) is 4. The maximum absolute atomic E-state index is 5.45.